The van der Waals surface area contributed by atoms with Gasteiger partial charge in [-0.15, -0.1) is 11.3 Å². The second kappa shape index (κ2) is 2.50. The summed E-state index contributed by atoms with van der Waals surface area (Å²) in [6.45, 7) is 0. The maximum absolute atomic E-state index is 5.61. The van der Waals surface area contributed by atoms with Gasteiger partial charge in [0.1, 0.15) is 0 Å². The van der Waals surface area contributed by atoms with Gasteiger partial charge in [0.25, 0.3) is 0 Å². The second-order valence-corrected chi connectivity index (χ2v) is 3.60. The van der Waals surface area contributed by atoms with Gasteiger partial charge in [-0.2, -0.15) is 0 Å². The highest BCUT2D eigenvalue weighted by molar-refractivity contribution is 7.12. The molecule has 0 saturated carbocycles. The van der Waals surface area contributed by atoms with Crippen molar-refractivity contribution >= 4 is 11.3 Å². The minimum absolute atomic E-state index is 0.786. The molecule has 0 saturated heterocycles. The number of thiophene rings is 1. The van der Waals surface area contributed by atoms with Crippen LogP contribution in [0.15, 0.2) is 35.7 Å². The van der Waals surface area contributed by atoms with Crippen molar-refractivity contribution in [3.8, 4) is 22.3 Å². The van der Waals surface area contributed by atoms with Crippen molar-refractivity contribution in [2.24, 2.45) is 0 Å². The lowest BCUT2D eigenvalue weighted by Crippen LogP contribution is -1.94. The number of para-hydroxylation sites is 2. The predicted molar refractivity (Wildman–Crippen MR) is 50.9 cm³/mol. The molecule has 2 aromatic rings. The van der Waals surface area contributed by atoms with Crippen molar-refractivity contribution in [1.29, 1.82) is 0 Å². The van der Waals surface area contributed by atoms with Gasteiger partial charge in [-0.05, 0) is 23.6 Å². The lowest BCUT2D eigenvalue weighted by atomic mass is 10.3. The zero-order valence-electron chi connectivity index (χ0n) is 6.69. The summed E-state index contributed by atoms with van der Waals surface area (Å²) < 4.78 is 11.2. The Kier molecular flexibility index (Phi) is 1.34. The molecule has 2 heterocycles. The molecule has 1 aromatic heterocycles. The Balaban J connectivity index is 2.14. The Morgan fingerprint density at radius 2 is 1.62 bits per heavy atom. The molecule has 2 nitrogen and oxygen atoms in total. The van der Waals surface area contributed by atoms with E-state index < -0.39 is 0 Å². The maximum Gasteiger partial charge on any atom is 0.223 e. The summed E-state index contributed by atoms with van der Waals surface area (Å²) in [6.07, 6.45) is 0. The van der Waals surface area contributed by atoms with Crippen LogP contribution in [-0.2, 0) is 0 Å². The molecular formula is C10H6O2S. The van der Waals surface area contributed by atoms with Crippen LogP contribution in [-0.4, -0.2) is 0 Å². The minimum Gasteiger partial charge on any atom is -0.449 e. The summed E-state index contributed by atoms with van der Waals surface area (Å²) in [5, 5.41) is 2.79. The third kappa shape index (κ3) is 1.01. The van der Waals surface area contributed by atoms with E-state index in [1.54, 1.807) is 11.3 Å². The van der Waals surface area contributed by atoms with Gasteiger partial charge in [0, 0.05) is 0 Å². The molecule has 0 amide bonds. The minimum atomic E-state index is 0.786. The third-order valence-electron chi connectivity index (χ3n) is 1.87. The molecular weight excluding hydrogens is 184 g/mol. The third-order valence-corrected chi connectivity index (χ3v) is 2.64. The fourth-order valence-electron chi connectivity index (χ4n) is 1.27. The van der Waals surface area contributed by atoms with Gasteiger partial charge in [0.05, 0.1) is 0 Å². The maximum atomic E-state index is 5.61. The van der Waals surface area contributed by atoms with Gasteiger partial charge in [0.2, 0.25) is 5.06 Å². The van der Waals surface area contributed by atoms with E-state index in [-0.39, 0.29) is 0 Å². The van der Waals surface area contributed by atoms with Crippen molar-refractivity contribution in [1.82, 2.24) is 0 Å². The molecule has 0 N–H and O–H groups in total. The van der Waals surface area contributed by atoms with Crippen LogP contribution in [0.25, 0.3) is 0 Å². The number of ether oxygens (including phenoxy) is 2. The van der Waals surface area contributed by atoms with Crippen LogP contribution in [0.5, 0.6) is 22.3 Å². The highest BCUT2D eigenvalue weighted by Gasteiger charge is 2.18. The van der Waals surface area contributed by atoms with Crippen molar-refractivity contribution in [3.05, 3.63) is 35.7 Å². The van der Waals surface area contributed by atoms with Gasteiger partial charge in [-0.25, -0.2) is 0 Å². The van der Waals surface area contributed by atoms with Crippen LogP contribution >= 0.6 is 11.3 Å². The monoisotopic (exact) mass is 190 g/mol. The average molecular weight is 190 g/mol. The molecule has 13 heavy (non-hydrogen) atoms. The summed E-state index contributed by atoms with van der Waals surface area (Å²) >= 11 is 1.54. The molecule has 0 radical (unpaired) electrons. The Hall–Kier alpha value is -1.48. The number of benzene rings is 1. The number of rotatable bonds is 0. The largest absolute Gasteiger partial charge is 0.449 e. The first-order valence-electron chi connectivity index (χ1n) is 3.96. The second-order valence-electron chi connectivity index (χ2n) is 2.72. The van der Waals surface area contributed by atoms with E-state index in [0.717, 1.165) is 22.3 Å². The molecule has 0 aliphatic carbocycles. The normalized spacial score (nSPS) is 12.3. The molecule has 3 rings (SSSR count). The lowest BCUT2D eigenvalue weighted by molar-refractivity contribution is 0.369. The van der Waals surface area contributed by atoms with Gasteiger partial charge in [0.15, 0.2) is 17.2 Å². The van der Waals surface area contributed by atoms with E-state index in [1.165, 1.54) is 0 Å². The predicted octanol–water partition coefficient (Wildman–Crippen LogP) is 3.65. The molecule has 0 unspecified atom stereocenters. The number of fused-ring (bicyclic) bond motifs is 2. The standard InChI is InChI=1S/C10H6O2S/c1-2-4-8-7(3-1)11-9-5-6-13-10(9)12-8/h1-6H. The first kappa shape index (κ1) is 6.97. The number of hydrogen-bond donors (Lipinski definition) is 0. The lowest BCUT2D eigenvalue weighted by Gasteiger charge is -2.16. The van der Waals surface area contributed by atoms with Gasteiger partial charge in [-0.3, -0.25) is 0 Å². The topological polar surface area (TPSA) is 18.5 Å². The molecule has 0 bridgehead atoms. The first-order valence-corrected chi connectivity index (χ1v) is 4.84. The summed E-state index contributed by atoms with van der Waals surface area (Å²) in [4.78, 5) is 0. The zero-order valence-corrected chi connectivity index (χ0v) is 7.51. The smallest absolute Gasteiger partial charge is 0.223 e. The molecule has 1 aliphatic rings. The Bertz CT molecular complexity index is 408. The van der Waals surface area contributed by atoms with E-state index in [2.05, 4.69) is 0 Å². The molecule has 0 atom stereocenters. The molecule has 64 valence electrons. The van der Waals surface area contributed by atoms with Crippen molar-refractivity contribution in [3.63, 3.8) is 0 Å². The van der Waals surface area contributed by atoms with Gasteiger partial charge < -0.3 is 9.47 Å². The van der Waals surface area contributed by atoms with Crippen LogP contribution in [0.4, 0.5) is 0 Å². The van der Waals surface area contributed by atoms with Crippen LogP contribution < -0.4 is 9.47 Å². The summed E-state index contributed by atoms with van der Waals surface area (Å²) in [5.74, 6) is 2.38. The Morgan fingerprint density at radius 1 is 0.846 bits per heavy atom. The zero-order chi connectivity index (χ0) is 8.67. The van der Waals surface area contributed by atoms with Crippen LogP contribution in [0.3, 0.4) is 0 Å². The summed E-state index contributed by atoms with van der Waals surface area (Å²) in [5.41, 5.74) is 0. The van der Waals surface area contributed by atoms with Crippen molar-refractivity contribution in [2.75, 3.05) is 0 Å². The highest BCUT2D eigenvalue weighted by Crippen LogP contribution is 2.47. The molecule has 3 heteroatoms. The van der Waals surface area contributed by atoms with Gasteiger partial charge >= 0.3 is 0 Å². The molecule has 1 aromatic carbocycles. The SMILES string of the molecule is c1ccc2c(c1)Oc1ccsc1O2. The summed E-state index contributed by atoms with van der Waals surface area (Å²) in [6, 6.07) is 9.57. The van der Waals surface area contributed by atoms with Gasteiger partial charge in [-0.1, -0.05) is 12.1 Å². The van der Waals surface area contributed by atoms with E-state index in [4.69, 9.17) is 9.47 Å². The highest BCUT2D eigenvalue weighted by atomic mass is 32.1. The van der Waals surface area contributed by atoms with E-state index >= 15 is 0 Å². The van der Waals surface area contributed by atoms with E-state index in [0.29, 0.717) is 0 Å². The van der Waals surface area contributed by atoms with Crippen LogP contribution in [0.1, 0.15) is 0 Å². The molecule has 1 aliphatic heterocycles. The average Bonchev–Trinajstić information content (AvgIpc) is 2.61. The summed E-state index contributed by atoms with van der Waals surface area (Å²) in [7, 11) is 0. The van der Waals surface area contributed by atoms with E-state index in [9.17, 15) is 0 Å². The van der Waals surface area contributed by atoms with Crippen molar-refractivity contribution < 1.29 is 9.47 Å². The van der Waals surface area contributed by atoms with E-state index in [1.807, 2.05) is 35.7 Å². The fourth-order valence-corrected chi connectivity index (χ4v) is 1.95. The fraction of sp³-hybridized carbons (Fsp3) is 0. The Labute approximate surface area is 79.4 Å². The first-order chi connectivity index (χ1) is 6.43. The van der Waals surface area contributed by atoms with Crippen molar-refractivity contribution in [2.45, 2.75) is 0 Å². The van der Waals surface area contributed by atoms with Crippen LogP contribution in [0, 0.1) is 0 Å². The Morgan fingerprint density at radius 3 is 2.46 bits per heavy atom. The quantitative estimate of drug-likeness (QED) is 0.538. The number of hydrogen-bond acceptors (Lipinski definition) is 3. The molecule has 0 spiro atoms. The van der Waals surface area contributed by atoms with Crippen LogP contribution in [0.2, 0.25) is 0 Å². The molecule has 0 fully saturated rings.